The molecule has 1 N–H and O–H groups in total. The van der Waals surface area contributed by atoms with E-state index in [9.17, 15) is 5.21 Å². The van der Waals surface area contributed by atoms with E-state index in [2.05, 4.69) is 18.0 Å². The van der Waals surface area contributed by atoms with Crippen LogP contribution in [0.3, 0.4) is 0 Å². The van der Waals surface area contributed by atoms with Crippen LogP contribution in [-0.4, -0.2) is 29.2 Å². The summed E-state index contributed by atoms with van der Waals surface area (Å²) in [6.45, 7) is 3.64. The minimum atomic E-state index is 0.637. The molecule has 0 amide bonds. The van der Waals surface area contributed by atoms with Crippen LogP contribution in [0.15, 0.2) is 17.1 Å². The molecule has 0 aliphatic carbocycles. The van der Waals surface area contributed by atoms with Gasteiger partial charge in [-0.05, 0) is 18.9 Å². The van der Waals surface area contributed by atoms with Crippen LogP contribution >= 0.6 is 0 Å². The fourth-order valence-corrected chi connectivity index (χ4v) is 3.06. The third kappa shape index (κ3) is 11.4. The van der Waals surface area contributed by atoms with Crippen molar-refractivity contribution in [1.29, 1.82) is 0 Å². The van der Waals surface area contributed by atoms with Gasteiger partial charge in [0.1, 0.15) is 5.84 Å². The quantitative estimate of drug-likeness (QED) is 0.368. The molecule has 0 aromatic heterocycles. The summed E-state index contributed by atoms with van der Waals surface area (Å²) in [7, 11) is 0. The van der Waals surface area contributed by atoms with Gasteiger partial charge in [0.25, 0.3) is 0 Å². The van der Waals surface area contributed by atoms with Crippen molar-refractivity contribution in [3.05, 3.63) is 12.2 Å². The summed E-state index contributed by atoms with van der Waals surface area (Å²) >= 11 is 0. The third-order valence-electron chi connectivity index (χ3n) is 4.59. The van der Waals surface area contributed by atoms with Gasteiger partial charge in [0.2, 0.25) is 0 Å². The molecule has 0 saturated carbocycles. The molecule has 1 rings (SSSR count). The maximum absolute atomic E-state index is 9.46. The summed E-state index contributed by atoms with van der Waals surface area (Å²) in [6.07, 6.45) is 23.4. The number of hydrogen-bond donors (Lipinski definition) is 1. The summed E-state index contributed by atoms with van der Waals surface area (Å²) in [5.41, 5.74) is 0. The molecule has 1 heterocycles. The van der Waals surface area contributed by atoms with Gasteiger partial charge in [-0.3, -0.25) is 10.2 Å². The van der Waals surface area contributed by atoms with E-state index in [1.807, 2.05) is 6.08 Å². The Hall–Kier alpha value is -0.830. The predicted molar refractivity (Wildman–Crippen MR) is 100 cm³/mol. The van der Waals surface area contributed by atoms with Gasteiger partial charge in [0.15, 0.2) is 0 Å². The molecular weight excluding hydrogens is 284 g/mol. The zero-order valence-electron chi connectivity index (χ0n) is 15.3. The molecule has 0 unspecified atom stereocenters. The largest absolute Gasteiger partial charge is 0.287 e. The molecular formula is C20H38N2O. The van der Waals surface area contributed by atoms with Gasteiger partial charge in [-0.1, -0.05) is 90.0 Å². The van der Waals surface area contributed by atoms with E-state index < -0.39 is 0 Å². The maximum atomic E-state index is 9.46. The number of nitrogens with zero attached hydrogens (tertiary/aromatic N) is 2. The van der Waals surface area contributed by atoms with E-state index in [-0.39, 0.29) is 0 Å². The SMILES string of the molecule is CCCCCCCCCCCCCCCC=CC1=NCCN1O. The van der Waals surface area contributed by atoms with Gasteiger partial charge in [-0.15, -0.1) is 0 Å². The Morgan fingerprint density at radius 3 is 1.87 bits per heavy atom. The number of rotatable bonds is 15. The van der Waals surface area contributed by atoms with Gasteiger partial charge < -0.3 is 0 Å². The number of aliphatic imine (C=N–C) groups is 1. The third-order valence-corrected chi connectivity index (χ3v) is 4.59. The molecule has 1 aliphatic heterocycles. The molecule has 1 aliphatic rings. The molecule has 0 bridgehead atoms. The van der Waals surface area contributed by atoms with E-state index in [0.29, 0.717) is 6.54 Å². The lowest BCUT2D eigenvalue weighted by Crippen LogP contribution is -2.21. The first-order valence-electron chi connectivity index (χ1n) is 10.0. The van der Waals surface area contributed by atoms with Crippen LogP contribution in [0.2, 0.25) is 0 Å². The highest BCUT2D eigenvalue weighted by molar-refractivity contribution is 5.93. The highest BCUT2D eigenvalue weighted by Crippen LogP contribution is 2.13. The van der Waals surface area contributed by atoms with Crippen molar-refractivity contribution in [2.75, 3.05) is 13.1 Å². The number of hydroxylamine groups is 2. The van der Waals surface area contributed by atoms with Crippen LogP contribution in [0, 0.1) is 0 Å². The second-order valence-electron chi connectivity index (χ2n) is 6.80. The van der Waals surface area contributed by atoms with Gasteiger partial charge in [0, 0.05) is 0 Å². The Bertz CT molecular complexity index is 326. The first-order chi connectivity index (χ1) is 11.3. The average Bonchev–Trinajstić information content (AvgIpc) is 2.96. The lowest BCUT2D eigenvalue weighted by Gasteiger charge is -2.06. The Balaban J connectivity index is 1.76. The monoisotopic (exact) mass is 322 g/mol. The minimum absolute atomic E-state index is 0.637. The molecule has 0 atom stereocenters. The van der Waals surface area contributed by atoms with Crippen LogP contribution in [0.25, 0.3) is 0 Å². The van der Waals surface area contributed by atoms with Gasteiger partial charge >= 0.3 is 0 Å². The lowest BCUT2D eigenvalue weighted by atomic mass is 10.0. The summed E-state index contributed by atoms with van der Waals surface area (Å²) in [6, 6.07) is 0. The number of amidine groups is 1. The van der Waals surface area contributed by atoms with Crippen molar-refractivity contribution < 1.29 is 5.21 Å². The molecule has 0 aromatic carbocycles. The first-order valence-corrected chi connectivity index (χ1v) is 10.0. The molecule has 0 spiro atoms. The first kappa shape index (κ1) is 20.2. The van der Waals surface area contributed by atoms with Gasteiger partial charge in [0.05, 0.1) is 13.1 Å². The highest BCUT2D eigenvalue weighted by atomic mass is 16.5. The molecule has 134 valence electrons. The van der Waals surface area contributed by atoms with Crippen molar-refractivity contribution in [3.8, 4) is 0 Å². The molecule has 0 aromatic rings. The van der Waals surface area contributed by atoms with Crippen molar-refractivity contribution in [2.24, 2.45) is 4.99 Å². The highest BCUT2D eigenvalue weighted by Gasteiger charge is 2.09. The summed E-state index contributed by atoms with van der Waals surface area (Å²) in [4.78, 5) is 4.23. The summed E-state index contributed by atoms with van der Waals surface area (Å²) in [5, 5.41) is 10.7. The Morgan fingerprint density at radius 1 is 0.870 bits per heavy atom. The van der Waals surface area contributed by atoms with Crippen LogP contribution in [0.5, 0.6) is 0 Å². The lowest BCUT2D eigenvalue weighted by molar-refractivity contribution is -0.00155. The van der Waals surface area contributed by atoms with Gasteiger partial charge in [-0.2, -0.15) is 0 Å². The summed E-state index contributed by atoms with van der Waals surface area (Å²) in [5.74, 6) is 0.722. The van der Waals surface area contributed by atoms with Crippen molar-refractivity contribution in [1.82, 2.24) is 5.06 Å². The minimum Gasteiger partial charge on any atom is -0.287 e. The standard InChI is InChI=1S/C20H38N2O/c1-2-3-4-5-6-7-8-9-10-11-12-13-14-15-16-17-20-21-18-19-22(20)23/h16-17,23H,2-15,18-19H2,1H3. The maximum Gasteiger partial charge on any atom is 0.147 e. The zero-order valence-corrected chi connectivity index (χ0v) is 15.3. The Labute approximate surface area is 143 Å². The second-order valence-corrected chi connectivity index (χ2v) is 6.80. The predicted octanol–water partition coefficient (Wildman–Crippen LogP) is 6.13. The molecule has 3 heteroatoms. The van der Waals surface area contributed by atoms with Crippen LogP contribution in [0.1, 0.15) is 96.8 Å². The molecule has 0 fully saturated rings. The van der Waals surface area contributed by atoms with E-state index >= 15 is 0 Å². The van der Waals surface area contributed by atoms with Gasteiger partial charge in [-0.25, -0.2) is 5.06 Å². The van der Waals surface area contributed by atoms with E-state index in [4.69, 9.17) is 0 Å². The van der Waals surface area contributed by atoms with Crippen LogP contribution in [-0.2, 0) is 0 Å². The number of hydrogen-bond acceptors (Lipinski definition) is 3. The van der Waals surface area contributed by atoms with E-state index in [0.717, 1.165) is 18.8 Å². The second kappa shape index (κ2) is 14.7. The van der Waals surface area contributed by atoms with Crippen molar-refractivity contribution in [3.63, 3.8) is 0 Å². The summed E-state index contributed by atoms with van der Waals surface area (Å²) < 4.78 is 0. The molecule has 23 heavy (non-hydrogen) atoms. The molecule has 3 nitrogen and oxygen atoms in total. The average molecular weight is 323 g/mol. The fourth-order valence-electron chi connectivity index (χ4n) is 3.06. The Kier molecular flexibility index (Phi) is 13.0. The molecule has 0 radical (unpaired) electrons. The van der Waals surface area contributed by atoms with E-state index in [1.54, 1.807) is 0 Å². The Morgan fingerprint density at radius 2 is 1.39 bits per heavy atom. The smallest absolute Gasteiger partial charge is 0.147 e. The van der Waals surface area contributed by atoms with Crippen LogP contribution in [0.4, 0.5) is 0 Å². The normalized spacial score (nSPS) is 14.9. The van der Waals surface area contributed by atoms with Crippen molar-refractivity contribution >= 4 is 5.84 Å². The number of unbranched alkanes of at least 4 members (excludes halogenated alkanes) is 13. The van der Waals surface area contributed by atoms with Crippen molar-refractivity contribution in [2.45, 2.75) is 96.8 Å². The number of allylic oxidation sites excluding steroid dienone is 1. The topological polar surface area (TPSA) is 35.8 Å². The fraction of sp³-hybridized carbons (Fsp3) is 0.850. The van der Waals surface area contributed by atoms with E-state index in [1.165, 1.54) is 88.5 Å². The zero-order chi connectivity index (χ0) is 16.6. The van der Waals surface area contributed by atoms with Crippen LogP contribution < -0.4 is 0 Å². The molecule has 0 saturated heterocycles.